The standard InChI is InChI=1S/C33H43N3O5S/c1-8-30(33(38)34-20-23(2)3)35(21-27-10-9-11-28(19-27)41-7)32(37)22-36(31-18-25(5)12-15-26(31)6)42(39,40)29-16-13-24(4)14-17-29/h9-19,23,30H,8,20-22H2,1-7H3,(H,34,38). The molecule has 226 valence electrons. The molecule has 0 radical (unpaired) electrons. The van der Waals surface area contributed by atoms with Crippen LogP contribution in [0.25, 0.3) is 0 Å². The summed E-state index contributed by atoms with van der Waals surface area (Å²) in [7, 11) is -2.57. The molecular weight excluding hydrogens is 550 g/mol. The van der Waals surface area contributed by atoms with E-state index in [2.05, 4.69) is 5.32 Å². The van der Waals surface area contributed by atoms with E-state index in [0.29, 0.717) is 30.0 Å². The molecule has 9 heteroatoms. The van der Waals surface area contributed by atoms with Gasteiger partial charge in [-0.15, -0.1) is 0 Å². The predicted molar refractivity (Wildman–Crippen MR) is 167 cm³/mol. The Morgan fingerprint density at radius 2 is 1.60 bits per heavy atom. The number of carbonyl (C=O) groups is 2. The van der Waals surface area contributed by atoms with Crippen LogP contribution in [0.3, 0.4) is 0 Å². The number of sulfonamides is 1. The Hall–Kier alpha value is -3.85. The van der Waals surface area contributed by atoms with Gasteiger partial charge in [-0.1, -0.05) is 62.7 Å². The molecule has 1 N–H and O–H groups in total. The largest absolute Gasteiger partial charge is 0.497 e. The van der Waals surface area contributed by atoms with E-state index in [1.54, 1.807) is 43.5 Å². The maximum atomic E-state index is 14.3. The summed E-state index contributed by atoms with van der Waals surface area (Å²) in [5.74, 6) is 0.0904. The minimum atomic E-state index is -4.13. The van der Waals surface area contributed by atoms with Gasteiger partial charge >= 0.3 is 0 Å². The molecule has 0 aliphatic heterocycles. The summed E-state index contributed by atoms with van der Waals surface area (Å²) in [6.07, 6.45) is 0.355. The van der Waals surface area contributed by atoms with E-state index < -0.39 is 28.5 Å². The number of anilines is 1. The lowest BCUT2D eigenvalue weighted by Gasteiger charge is -2.34. The average molecular weight is 594 g/mol. The molecule has 1 unspecified atom stereocenters. The van der Waals surface area contributed by atoms with Crippen LogP contribution in [-0.2, 0) is 26.2 Å². The molecule has 3 rings (SSSR count). The van der Waals surface area contributed by atoms with E-state index in [9.17, 15) is 18.0 Å². The predicted octanol–water partition coefficient (Wildman–Crippen LogP) is 5.40. The second-order valence-corrected chi connectivity index (χ2v) is 12.9. The Morgan fingerprint density at radius 3 is 2.21 bits per heavy atom. The molecule has 0 saturated carbocycles. The average Bonchev–Trinajstić information content (AvgIpc) is 2.96. The minimum absolute atomic E-state index is 0.0860. The van der Waals surface area contributed by atoms with Crippen LogP contribution in [0.1, 0.15) is 49.4 Å². The molecule has 0 spiro atoms. The summed E-state index contributed by atoms with van der Waals surface area (Å²) in [6, 6.07) is 18.6. The maximum Gasteiger partial charge on any atom is 0.264 e. The molecule has 0 aliphatic rings. The fourth-order valence-corrected chi connectivity index (χ4v) is 6.12. The SMILES string of the molecule is CCC(C(=O)NCC(C)C)N(Cc1cccc(OC)c1)C(=O)CN(c1cc(C)ccc1C)S(=O)(=O)c1ccc(C)cc1. The molecule has 2 amide bonds. The maximum absolute atomic E-state index is 14.3. The van der Waals surface area contributed by atoms with Gasteiger partial charge in [-0.3, -0.25) is 13.9 Å². The minimum Gasteiger partial charge on any atom is -0.497 e. The van der Waals surface area contributed by atoms with Crippen molar-refractivity contribution in [2.24, 2.45) is 5.92 Å². The molecule has 42 heavy (non-hydrogen) atoms. The van der Waals surface area contributed by atoms with Crippen LogP contribution in [0, 0.1) is 26.7 Å². The third-order valence-electron chi connectivity index (χ3n) is 7.08. The number of hydrogen-bond donors (Lipinski definition) is 1. The van der Waals surface area contributed by atoms with Gasteiger partial charge in [0.15, 0.2) is 0 Å². The molecule has 1 atom stereocenters. The van der Waals surface area contributed by atoms with Crippen molar-refractivity contribution >= 4 is 27.5 Å². The van der Waals surface area contributed by atoms with Crippen molar-refractivity contribution in [2.75, 3.05) is 24.5 Å². The van der Waals surface area contributed by atoms with Crippen LogP contribution in [0.4, 0.5) is 5.69 Å². The van der Waals surface area contributed by atoms with E-state index in [1.165, 1.54) is 9.21 Å². The van der Waals surface area contributed by atoms with E-state index in [-0.39, 0.29) is 23.3 Å². The van der Waals surface area contributed by atoms with Crippen molar-refractivity contribution in [1.29, 1.82) is 0 Å². The zero-order valence-corrected chi connectivity index (χ0v) is 26.5. The molecule has 0 fully saturated rings. The summed E-state index contributed by atoms with van der Waals surface area (Å²) in [4.78, 5) is 29.2. The molecule has 3 aromatic carbocycles. The topological polar surface area (TPSA) is 96.0 Å². The van der Waals surface area contributed by atoms with Gasteiger partial charge in [-0.05, 0) is 80.1 Å². The molecule has 3 aromatic rings. The van der Waals surface area contributed by atoms with Crippen LogP contribution in [0.5, 0.6) is 5.75 Å². The number of ether oxygens (including phenoxy) is 1. The molecule has 0 aromatic heterocycles. The van der Waals surface area contributed by atoms with Gasteiger partial charge in [-0.2, -0.15) is 0 Å². The summed E-state index contributed by atoms with van der Waals surface area (Å²) in [5, 5.41) is 2.95. The first-order chi connectivity index (χ1) is 19.9. The molecular formula is C33H43N3O5S. The summed E-state index contributed by atoms with van der Waals surface area (Å²) in [6.45, 7) is 11.5. The molecule has 0 saturated heterocycles. The van der Waals surface area contributed by atoms with Crippen LogP contribution >= 0.6 is 0 Å². The van der Waals surface area contributed by atoms with Gasteiger partial charge in [0.1, 0.15) is 18.3 Å². The second kappa shape index (κ2) is 14.4. The van der Waals surface area contributed by atoms with Crippen LogP contribution in [-0.4, -0.2) is 51.4 Å². The third kappa shape index (κ3) is 8.12. The van der Waals surface area contributed by atoms with E-state index in [4.69, 9.17) is 4.74 Å². The first-order valence-corrected chi connectivity index (χ1v) is 15.7. The third-order valence-corrected chi connectivity index (χ3v) is 8.85. The van der Waals surface area contributed by atoms with E-state index in [0.717, 1.165) is 16.7 Å². The number of rotatable bonds is 13. The first-order valence-electron chi connectivity index (χ1n) is 14.2. The first kappa shape index (κ1) is 32.7. The van der Waals surface area contributed by atoms with Gasteiger partial charge < -0.3 is 15.0 Å². The number of benzene rings is 3. The van der Waals surface area contributed by atoms with Gasteiger partial charge in [0.2, 0.25) is 11.8 Å². The molecule has 8 nitrogen and oxygen atoms in total. The van der Waals surface area contributed by atoms with Crippen molar-refractivity contribution < 1.29 is 22.7 Å². The quantitative estimate of drug-likeness (QED) is 0.287. The Bertz CT molecular complexity index is 1490. The second-order valence-electron chi connectivity index (χ2n) is 11.1. The summed E-state index contributed by atoms with van der Waals surface area (Å²) >= 11 is 0. The Kier molecular flexibility index (Phi) is 11.2. The highest BCUT2D eigenvalue weighted by Crippen LogP contribution is 2.29. The van der Waals surface area contributed by atoms with Gasteiger partial charge in [0.05, 0.1) is 17.7 Å². The van der Waals surface area contributed by atoms with Crippen molar-refractivity contribution in [3.05, 3.63) is 89.0 Å². The lowest BCUT2D eigenvalue weighted by molar-refractivity contribution is -0.140. The Balaban J connectivity index is 2.10. The zero-order chi connectivity index (χ0) is 31.0. The number of methoxy groups -OCH3 is 1. The van der Waals surface area contributed by atoms with Gasteiger partial charge in [-0.25, -0.2) is 8.42 Å². The number of nitrogens with zero attached hydrogens (tertiary/aromatic N) is 2. The Morgan fingerprint density at radius 1 is 0.929 bits per heavy atom. The van der Waals surface area contributed by atoms with Crippen LogP contribution in [0.2, 0.25) is 0 Å². The highest BCUT2D eigenvalue weighted by molar-refractivity contribution is 7.92. The fraction of sp³-hybridized carbons (Fsp3) is 0.394. The molecule has 0 bridgehead atoms. The number of amides is 2. The highest BCUT2D eigenvalue weighted by atomic mass is 32.2. The molecule has 0 heterocycles. The van der Waals surface area contributed by atoms with Gasteiger partial charge in [0, 0.05) is 13.1 Å². The van der Waals surface area contributed by atoms with Crippen molar-refractivity contribution in [3.8, 4) is 5.75 Å². The van der Waals surface area contributed by atoms with Crippen molar-refractivity contribution in [1.82, 2.24) is 10.2 Å². The van der Waals surface area contributed by atoms with E-state index in [1.807, 2.05) is 71.9 Å². The summed E-state index contributed by atoms with van der Waals surface area (Å²) < 4.78 is 34.8. The number of nitrogens with one attached hydrogen (secondary N) is 1. The zero-order valence-electron chi connectivity index (χ0n) is 25.7. The highest BCUT2D eigenvalue weighted by Gasteiger charge is 2.34. The number of aryl methyl sites for hydroxylation is 3. The van der Waals surface area contributed by atoms with Gasteiger partial charge in [0.25, 0.3) is 10.0 Å². The van der Waals surface area contributed by atoms with Crippen LogP contribution in [0.15, 0.2) is 71.6 Å². The Labute approximate surface area is 250 Å². The number of carbonyl (C=O) groups excluding carboxylic acids is 2. The normalized spacial score (nSPS) is 12.1. The molecule has 0 aliphatic carbocycles. The monoisotopic (exact) mass is 593 g/mol. The smallest absolute Gasteiger partial charge is 0.264 e. The van der Waals surface area contributed by atoms with Crippen molar-refractivity contribution in [3.63, 3.8) is 0 Å². The van der Waals surface area contributed by atoms with Crippen LogP contribution < -0.4 is 14.4 Å². The summed E-state index contributed by atoms with van der Waals surface area (Å²) in [5.41, 5.74) is 3.68. The number of hydrogen-bond acceptors (Lipinski definition) is 5. The van der Waals surface area contributed by atoms with Crippen molar-refractivity contribution in [2.45, 2.75) is 65.4 Å². The fourth-order valence-electron chi connectivity index (χ4n) is 4.65. The lowest BCUT2D eigenvalue weighted by Crippen LogP contribution is -2.52. The lowest BCUT2D eigenvalue weighted by atomic mass is 10.1. The van der Waals surface area contributed by atoms with E-state index >= 15 is 0 Å².